The summed E-state index contributed by atoms with van der Waals surface area (Å²) in [5.41, 5.74) is -1.07. The number of hydrogen-bond acceptors (Lipinski definition) is 7. The Morgan fingerprint density at radius 1 is 1.05 bits per heavy atom. The van der Waals surface area contributed by atoms with Gasteiger partial charge in [-0.05, 0) is 63.3 Å². The van der Waals surface area contributed by atoms with Gasteiger partial charge in [-0.2, -0.15) is 13.2 Å². The van der Waals surface area contributed by atoms with Crippen molar-refractivity contribution in [1.82, 2.24) is 10.3 Å². The molecule has 3 aromatic rings. The average molecular weight is 621 g/mol. The number of methoxy groups -OCH3 is 1. The van der Waals surface area contributed by atoms with E-state index >= 15 is 0 Å². The molecular formula is C30H33BF5N3O5. The summed E-state index contributed by atoms with van der Waals surface area (Å²) >= 11 is 0. The van der Waals surface area contributed by atoms with Crippen molar-refractivity contribution in [3.63, 3.8) is 0 Å². The number of ether oxygens (including phenoxy) is 1. The van der Waals surface area contributed by atoms with Crippen LogP contribution in [-0.2, 0) is 25.3 Å². The second-order valence-electron chi connectivity index (χ2n) is 11.5. The second kappa shape index (κ2) is 12.3. The third-order valence-electron chi connectivity index (χ3n) is 8.02. The summed E-state index contributed by atoms with van der Waals surface area (Å²) in [6.07, 6.45) is -3.67. The summed E-state index contributed by atoms with van der Waals surface area (Å²) < 4.78 is 86.4. The molecule has 1 aromatic heterocycles. The highest BCUT2D eigenvalue weighted by Gasteiger charge is 2.52. The Bertz CT molecular complexity index is 1530. The molecule has 4 rings (SSSR count). The van der Waals surface area contributed by atoms with Crippen LogP contribution >= 0.6 is 0 Å². The predicted octanol–water partition coefficient (Wildman–Crippen LogP) is 5.08. The molecule has 44 heavy (non-hydrogen) atoms. The van der Waals surface area contributed by atoms with Crippen LogP contribution in [0.15, 0.2) is 42.6 Å². The number of esters is 1. The number of anilines is 1. The van der Waals surface area contributed by atoms with Gasteiger partial charge in [0.05, 0.1) is 23.8 Å². The summed E-state index contributed by atoms with van der Waals surface area (Å²) in [7, 11) is 0.384. The molecule has 2 N–H and O–H groups in total. The van der Waals surface area contributed by atoms with Crippen molar-refractivity contribution in [3.8, 4) is 0 Å². The van der Waals surface area contributed by atoms with Crippen LogP contribution in [0.1, 0.15) is 57.0 Å². The summed E-state index contributed by atoms with van der Waals surface area (Å²) in [6, 6.07) is 4.70. The Morgan fingerprint density at radius 3 is 2.20 bits per heavy atom. The van der Waals surface area contributed by atoms with Gasteiger partial charge in [0, 0.05) is 23.7 Å². The van der Waals surface area contributed by atoms with Crippen molar-refractivity contribution in [3.05, 3.63) is 65.4 Å². The number of halogens is 5. The average Bonchev–Trinajstić information content (AvgIpc) is 3.15. The molecule has 1 saturated heterocycles. The number of amides is 1. The van der Waals surface area contributed by atoms with Crippen LogP contribution in [0.3, 0.4) is 0 Å². The number of alkyl halides is 3. The first-order valence-electron chi connectivity index (χ1n) is 13.9. The lowest BCUT2D eigenvalue weighted by molar-refractivity contribution is -0.143. The third kappa shape index (κ3) is 6.65. The molecule has 0 saturated carbocycles. The van der Waals surface area contributed by atoms with E-state index in [-0.39, 0.29) is 6.42 Å². The van der Waals surface area contributed by atoms with E-state index in [9.17, 15) is 31.5 Å². The standard InChI is InChI=1S/C30H33BF5N3O5/c1-7-23(30(34,35)36)38-17-14-20(32)24(21(33)15-17)26(40)39-22(27(41)42-6)13-16-10-11-19(18-9-8-12-37-25(16)18)31-43-28(2,3)29(4,5)44-31/h8-12,14-15,22-23,38H,7,13H2,1-6H3,(H,39,40). The highest BCUT2D eigenvalue weighted by molar-refractivity contribution is 6.65. The van der Waals surface area contributed by atoms with Crippen LogP contribution in [0.4, 0.5) is 27.6 Å². The molecule has 0 aliphatic carbocycles. The first kappa shape index (κ1) is 33.1. The van der Waals surface area contributed by atoms with E-state index in [1.165, 1.54) is 6.92 Å². The molecule has 0 radical (unpaired) electrons. The third-order valence-corrected chi connectivity index (χ3v) is 8.02. The number of nitrogens with zero attached hydrogens (tertiary/aromatic N) is 1. The Morgan fingerprint density at radius 2 is 1.66 bits per heavy atom. The van der Waals surface area contributed by atoms with Gasteiger partial charge in [0.2, 0.25) is 0 Å². The van der Waals surface area contributed by atoms with Crippen LogP contribution in [0.2, 0.25) is 0 Å². The van der Waals surface area contributed by atoms with Crippen molar-refractivity contribution in [2.45, 2.75) is 76.9 Å². The number of fused-ring (bicyclic) bond motifs is 1. The number of hydrogen-bond donors (Lipinski definition) is 2. The van der Waals surface area contributed by atoms with Gasteiger partial charge in [0.15, 0.2) is 0 Å². The number of carbonyl (C=O) groups excluding carboxylic acids is 2. The molecule has 2 aromatic carbocycles. The maximum atomic E-state index is 14.9. The minimum absolute atomic E-state index is 0.164. The van der Waals surface area contributed by atoms with Gasteiger partial charge in [0.25, 0.3) is 5.91 Å². The minimum Gasteiger partial charge on any atom is -0.467 e. The van der Waals surface area contributed by atoms with Gasteiger partial charge in [-0.25, -0.2) is 13.6 Å². The van der Waals surface area contributed by atoms with Crippen molar-refractivity contribution >= 4 is 41.0 Å². The van der Waals surface area contributed by atoms with Crippen LogP contribution in [0.25, 0.3) is 10.9 Å². The van der Waals surface area contributed by atoms with E-state index < -0.39 is 77.8 Å². The molecule has 1 fully saturated rings. The smallest absolute Gasteiger partial charge is 0.467 e. The zero-order valence-corrected chi connectivity index (χ0v) is 25.1. The second-order valence-corrected chi connectivity index (χ2v) is 11.5. The Kier molecular flexibility index (Phi) is 9.27. The van der Waals surface area contributed by atoms with Gasteiger partial charge in [-0.15, -0.1) is 0 Å². The lowest BCUT2D eigenvalue weighted by Crippen LogP contribution is -2.44. The first-order chi connectivity index (χ1) is 20.5. The van der Waals surface area contributed by atoms with Crippen LogP contribution in [0.5, 0.6) is 0 Å². The maximum Gasteiger partial charge on any atom is 0.495 e. The molecule has 14 heteroatoms. The number of benzene rings is 2. The maximum absolute atomic E-state index is 14.9. The van der Waals surface area contributed by atoms with Gasteiger partial charge in [-0.1, -0.05) is 25.1 Å². The van der Waals surface area contributed by atoms with Crippen LogP contribution < -0.4 is 16.1 Å². The molecule has 1 amide bonds. The first-order valence-corrected chi connectivity index (χ1v) is 13.9. The SMILES string of the molecule is CCC(Nc1cc(F)c(C(=O)NC(Cc2ccc(B3OC(C)(C)C(C)(C)O3)c3cccnc23)C(=O)OC)c(F)c1)C(F)(F)F. The van der Waals surface area contributed by atoms with Gasteiger partial charge in [-0.3, -0.25) is 9.78 Å². The number of pyridine rings is 1. The normalized spacial score (nSPS) is 17.3. The molecule has 2 atom stereocenters. The molecule has 2 unspecified atom stereocenters. The van der Waals surface area contributed by atoms with Crippen molar-refractivity contribution in [2.24, 2.45) is 0 Å². The minimum atomic E-state index is -4.66. The highest BCUT2D eigenvalue weighted by Crippen LogP contribution is 2.37. The Labute approximate surface area is 251 Å². The summed E-state index contributed by atoms with van der Waals surface area (Å²) in [5.74, 6) is -5.02. The Balaban J connectivity index is 1.61. The number of nitrogens with one attached hydrogen (secondary N) is 2. The highest BCUT2D eigenvalue weighted by atomic mass is 19.4. The Hall–Kier alpha value is -3.78. The molecule has 2 heterocycles. The van der Waals surface area contributed by atoms with E-state index in [0.29, 0.717) is 34.1 Å². The predicted molar refractivity (Wildman–Crippen MR) is 155 cm³/mol. The fourth-order valence-electron chi connectivity index (χ4n) is 4.87. The summed E-state index contributed by atoms with van der Waals surface area (Å²) in [4.78, 5) is 30.2. The number of aromatic nitrogens is 1. The lowest BCUT2D eigenvalue weighted by atomic mass is 9.76. The topological polar surface area (TPSA) is 98.8 Å². The molecule has 1 aliphatic heterocycles. The fraction of sp³-hybridized carbons (Fsp3) is 0.433. The largest absolute Gasteiger partial charge is 0.495 e. The van der Waals surface area contributed by atoms with E-state index in [4.69, 9.17) is 14.0 Å². The van der Waals surface area contributed by atoms with E-state index in [0.717, 1.165) is 7.11 Å². The zero-order chi connectivity index (χ0) is 32.6. The molecule has 236 valence electrons. The van der Waals surface area contributed by atoms with Crippen molar-refractivity contribution < 1.29 is 45.6 Å². The van der Waals surface area contributed by atoms with E-state index in [1.807, 2.05) is 33.0 Å². The molecule has 8 nitrogen and oxygen atoms in total. The zero-order valence-electron chi connectivity index (χ0n) is 25.1. The molecular weight excluding hydrogens is 588 g/mol. The molecule has 0 bridgehead atoms. The van der Waals surface area contributed by atoms with Crippen LogP contribution in [0, 0.1) is 11.6 Å². The van der Waals surface area contributed by atoms with E-state index in [1.54, 1.807) is 30.5 Å². The van der Waals surface area contributed by atoms with Crippen LogP contribution in [-0.4, -0.2) is 60.6 Å². The quantitative estimate of drug-likeness (QED) is 0.196. The van der Waals surface area contributed by atoms with E-state index in [2.05, 4.69) is 10.3 Å². The van der Waals surface area contributed by atoms with Crippen molar-refractivity contribution in [1.29, 1.82) is 0 Å². The number of carbonyl (C=O) groups is 2. The summed E-state index contributed by atoms with van der Waals surface area (Å²) in [5, 5.41) is 5.00. The van der Waals surface area contributed by atoms with Gasteiger partial charge < -0.3 is 24.7 Å². The van der Waals surface area contributed by atoms with Gasteiger partial charge in [0.1, 0.15) is 29.3 Å². The monoisotopic (exact) mass is 621 g/mol. The van der Waals surface area contributed by atoms with Gasteiger partial charge >= 0.3 is 19.3 Å². The number of rotatable bonds is 9. The molecule has 0 spiro atoms. The lowest BCUT2D eigenvalue weighted by Gasteiger charge is -2.32. The van der Waals surface area contributed by atoms with Crippen molar-refractivity contribution in [2.75, 3.05) is 12.4 Å². The molecule has 1 aliphatic rings. The fourth-order valence-corrected chi connectivity index (χ4v) is 4.87. The summed E-state index contributed by atoms with van der Waals surface area (Å²) in [6.45, 7) is 8.95.